The summed E-state index contributed by atoms with van der Waals surface area (Å²) in [6, 6.07) is 6.77. The van der Waals surface area contributed by atoms with Gasteiger partial charge in [-0.3, -0.25) is 14.4 Å². The van der Waals surface area contributed by atoms with E-state index < -0.39 is 5.91 Å². The first-order valence-corrected chi connectivity index (χ1v) is 10.9. The SMILES string of the molecule is COc1cc(C(=O)N2CCC(NC(=O)c3ccc(C)s3)CC2)cc(Cl)c1OCC(N)=O. The van der Waals surface area contributed by atoms with Crippen molar-refractivity contribution in [3.05, 3.63) is 44.6 Å². The summed E-state index contributed by atoms with van der Waals surface area (Å²) in [6.45, 7) is 2.62. The lowest BCUT2D eigenvalue weighted by Gasteiger charge is -2.32. The van der Waals surface area contributed by atoms with Crippen molar-refractivity contribution in [2.24, 2.45) is 5.73 Å². The average molecular weight is 466 g/mol. The number of thiophene rings is 1. The van der Waals surface area contributed by atoms with Gasteiger partial charge in [0.25, 0.3) is 17.7 Å². The monoisotopic (exact) mass is 465 g/mol. The Hall–Kier alpha value is -2.78. The van der Waals surface area contributed by atoms with Gasteiger partial charge < -0.3 is 25.4 Å². The third-order valence-electron chi connectivity index (χ3n) is 4.92. The highest BCUT2D eigenvalue weighted by atomic mass is 35.5. The summed E-state index contributed by atoms with van der Waals surface area (Å²) in [7, 11) is 1.42. The number of ether oxygens (including phenoxy) is 2. The number of benzene rings is 1. The van der Waals surface area contributed by atoms with Crippen LogP contribution in [0.4, 0.5) is 0 Å². The van der Waals surface area contributed by atoms with Crippen LogP contribution in [0.5, 0.6) is 11.5 Å². The summed E-state index contributed by atoms with van der Waals surface area (Å²) in [5.41, 5.74) is 5.45. The Morgan fingerprint density at radius 1 is 1.26 bits per heavy atom. The number of halogens is 1. The van der Waals surface area contributed by atoms with E-state index in [0.29, 0.717) is 36.4 Å². The van der Waals surface area contributed by atoms with Crippen LogP contribution in [0, 0.1) is 6.92 Å². The van der Waals surface area contributed by atoms with E-state index in [1.54, 1.807) is 4.90 Å². The largest absolute Gasteiger partial charge is 0.493 e. The number of hydrogen-bond acceptors (Lipinski definition) is 6. The zero-order chi connectivity index (χ0) is 22.5. The van der Waals surface area contributed by atoms with Gasteiger partial charge in [-0.2, -0.15) is 0 Å². The number of aryl methyl sites for hydroxylation is 1. The minimum Gasteiger partial charge on any atom is -0.493 e. The Morgan fingerprint density at radius 2 is 1.97 bits per heavy atom. The number of carbonyl (C=O) groups is 3. The van der Waals surface area contributed by atoms with E-state index in [1.165, 1.54) is 30.6 Å². The average Bonchev–Trinajstić information content (AvgIpc) is 3.18. The predicted octanol–water partition coefficient (Wildman–Crippen LogP) is 2.62. The van der Waals surface area contributed by atoms with Gasteiger partial charge in [-0.1, -0.05) is 11.6 Å². The fraction of sp³-hybridized carbons (Fsp3) is 0.381. The minimum absolute atomic E-state index is 0.0154. The smallest absolute Gasteiger partial charge is 0.261 e. The molecule has 8 nitrogen and oxygen atoms in total. The molecule has 166 valence electrons. The van der Waals surface area contributed by atoms with E-state index in [2.05, 4.69) is 5.32 Å². The van der Waals surface area contributed by atoms with E-state index in [-0.39, 0.29) is 41.0 Å². The van der Waals surface area contributed by atoms with Crippen LogP contribution in [0.15, 0.2) is 24.3 Å². The Morgan fingerprint density at radius 3 is 2.55 bits per heavy atom. The molecule has 10 heteroatoms. The van der Waals surface area contributed by atoms with Gasteiger partial charge in [-0.25, -0.2) is 0 Å². The van der Waals surface area contributed by atoms with Crippen molar-refractivity contribution in [2.75, 3.05) is 26.8 Å². The molecule has 0 spiro atoms. The molecule has 31 heavy (non-hydrogen) atoms. The second-order valence-electron chi connectivity index (χ2n) is 7.19. The van der Waals surface area contributed by atoms with Gasteiger partial charge in [0.15, 0.2) is 18.1 Å². The summed E-state index contributed by atoms with van der Waals surface area (Å²) in [5.74, 6) is -0.524. The Bertz CT molecular complexity index is 985. The second-order valence-corrected chi connectivity index (χ2v) is 8.89. The van der Waals surface area contributed by atoms with Crippen LogP contribution < -0.4 is 20.5 Å². The summed E-state index contributed by atoms with van der Waals surface area (Å²) in [6.07, 6.45) is 1.32. The number of carbonyl (C=O) groups excluding carboxylic acids is 3. The molecule has 0 aliphatic carbocycles. The molecule has 0 radical (unpaired) electrons. The van der Waals surface area contributed by atoms with Gasteiger partial charge in [-0.05, 0) is 44.0 Å². The molecule has 1 aromatic carbocycles. The highest BCUT2D eigenvalue weighted by molar-refractivity contribution is 7.13. The molecule has 1 fully saturated rings. The molecule has 3 amide bonds. The van der Waals surface area contributed by atoms with Crippen LogP contribution in [-0.4, -0.2) is 55.5 Å². The third kappa shape index (κ3) is 5.68. The third-order valence-corrected chi connectivity index (χ3v) is 6.20. The number of nitrogens with zero attached hydrogens (tertiary/aromatic N) is 1. The summed E-state index contributed by atoms with van der Waals surface area (Å²) < 4.78 is 10.6. The zero-order valence-corrected chi connectivity index (χ0v) is 18.8. The van der Waals surface area contributed by atoms with Crippen molar-refractivity contribution in [1.29, 1.82) is 0 Å². The maximum atomic E-state index is 13.0. The molecular weight excluding hydrogens is 442 g/mol. The number of methoxy groups -OCH3 is 1. The van der Waals surface area contributed by atoms with Crippen molar-refractivity contribution in [3.8, 4) is 11.5 Å². The number of piperidine rings is 1. The first kappa shape index (κ1) is 22.9. The van der Waals surface area contributed by atoms with Gasteiger partial charge >= 0.3 is 0 Å². The normalized spacial score (nSPS) is 14.2. The van der Waals surface area contributed by atoms with E-state index in [4.69, 9.17) is 26.8 Å². The molecule has 3 N–H and O–H groups in total. The maximum Gasteiger partial charge on any atom is 0.261 e. The maximum absolute atomic E-state index is 13.0. The highest BCUT2D eigenvalue weighted by Crippen LogP contribution is 2.37. The number of primary amides is 1. The predicted molar refractivity (Wildman–Crippen MR) is 118 cm³/mol. The van der Waals surface area contributed by atoms with Crippen LogP contribution in [0.3, 0.4) is 0 Å². The van der Waals surface area contributed by atoms with Crippen molar-refractivity contribution in [1.82, 2.24) is 10.2 Å². The minimum atomic E-state index is -0.651. The van der Waals surface area contributed by atoms with Crippen molar-refractivity contribution in [3.63, 3.8) is 0 Å². The molecule has 1 saturated heterocycles. The summed E-state index contributed by atoms with van der Waals surface area (Å²) in [4.78, 5) is 39.8. The molecule has 0 atom stereocenters. The Balaban J connectivity index is 1.61. The molecule has 2 aromatic rings. The van der Waals surface area contributed by atoms with Crippen molar-refractivity contribution in [2.45, 2.75) is 25.8 Å². The van der Waals surface area contributed by atoms with E-state index >= 15 is 0 Å². The first-order valence-electron chi connectivity index (χ1n) is 9.73. The summed E-state index contributed by atoms with van der Waals surface area (Å²) >= 11 is 7.71. The zero-order valence-electron chi connectivity index (χ0n) is 17.3. The van der Waals surface area contributed by atoms with Gasteiger partial charge in [0.2, 0.25) is 0 Å². The second kappa shape index (κ2) is 10.0. The molecular formula is C21H24ClN3O5S. The van der Waals surface area contributed by atoms with Gasteiger partial charge in [0.1, 0.15) is 0 Å². The molecule has 1 aliphatic heterocycles. The van der Waals surface area contributed by atoms with Gasteiger partial charge in [0, 0.05) is 29.6 Å². The number of rotatable bonds is 7. The van der Waals surface area contributed by atoms with Crippen molar-refractivity contribution >= 4 is 40.7 Å². The number of likely N-dealkylation sites (tertiary alicyclic amines) is 1. The standard InChI is InChI=1S/C21H24ClN3O5S/c1-12-3-4-17(31-12)20(27)24-14-5-7-25(8-6-14)21(28)13-9-15(22)19(16(10-13)29-2)30-11-18(23)26/h3-4,9-10,14H,5-8,11H2,1-2H3,(H2,23,26)(H,24,27). The fourth-order valence-electron chi connectivity index (χ4n) is 3.35. The van der Waals surface area contributed by atoms with E-state index in [0.717, 1.165) is 4.88 Å². The van der Waals surface area contributed by atoms with Crippen LogP contribution in [-0.2, 0) is 4.79 Å². The molecule has 0 saturated carbocycles. The number of nitrogens with two attached hydrogens (primary N) is 1. The molecule has 1 aliphatic rings. The molecule has 3 rings (SSSR count). The molecule has 0 bridgehead atoms. The molecule has 0 unspecified atom stereocenters. The van der Waals surface area contributed by atoms with E-state index in [9.17, 15) is 14.4 Å². The number of amides is 3. The lowest BCUT2D eigenvalue weighted by Crippen LogP contribution is -2.46. The lowest BCUT2D eigenvalue weighted by atomic mass is 10.0. The van der Waals surface area contributed by atoms with Gasteiger partial charge in [-0.15, -0.1) is 11.3 Å². The Labute approximate surface area is 189 Å². The number of nitrogens with one attached hydrogen (secondary N) is 1. The van der Waals surface area contributed by atoms with Crippen molar-refractivity contribution < 1.29 is 23.9 Å². The fourth-order valence-corrected chi connectivity index (χ4v) is 4.39. The van der Waals surface area contributed by atoms with E-state index in [1.807, 2.05) is 19.1 Å². The molecule has 2 heterocycles. The van der Waals surface area contributed by atoms with Crippen LogP contribution >= 0.6 is 22.9 Å². The van der Waals surface area contributed by atoms with Crippen LogP contribution in [0.1, 0.15) is 37.7 Å². The quantitative estimate of drug-likeness (QED) is 0.653. The first-order chi connectivity index (χ1) is 14.8. The topological polar surface area (TPSA) is 111 Å². The van der Waals surface area contributed by atoms with Gasteiger partial charge in [0.05, 0.1) is 17.0 Å². The highest BCUT2D eigenvalue weighted by Gasteiger charge is 2.26. The molecule has 1 aromatic heterocycles. The number of hydrogen-bond donors (Lipinski definition) is 2. The lowest BCUT2D eigenvalue weighted by molar-refractivity contribution is -0.119. The summed E-state index contributed by atoms with van der Waals surface area (Å²) in [5, 5.41) is 3.19. The van der Waals surface area contributed by atoms with Crippen LogP contribution in [0.25, 0.3) is 0 Å². The Kier molecular flexibility index (Phi) is 7.40. The van der Waals surface area contributed by atoms with Crippen LogP contribution in [0.2, 0.25) is 5.02 Å².